The van der Waals surface area contributed by atoms with Crippen molar-refractivity contribution in [3.8, 4) is 0 Å². The Hall–Kier alpha value is -1.39. The highest BCUT2D eigenvalue weighted by atomic mass is 16.2. The summed E-state index contributed by atoms with van der Waals surface area (Å²) in [5, 5.41) is 3.27. The highest BCUT2D eigenvalue weighted by molar-refractivity contribution is 5.80. The first-order valence-corrected chi connectivity index (χ1v) is 6.41. The quantitative estimate of drug-likeness (QED) is 0.845. The van der Waals surface area contributed by atoms with Gasteiger partial charge < -0.3 is 9.80 Å². The summed E-state index contributed by atoms with van der Waals surface area (Å²) < 4.78 is 0. The number of amides is 1. The van der Waals surface area contributed by atoms with Crippen molar-refractivity contribution in [2.45, 2.75) is 12.6 Å². The molecule has 1 aromatic rings. The van der Waals surface area contributed by atoms with Crippen LogP contribution < -0.4 is 5.32 Å². The summed E-state index contributed by atoms with van der Waals surface area (Å²) in [4.78, 5) is 16.0. The maximum absolute atomic E-state index is 11.9. The van der Waals surface area contributed by atoms with Crippen molar-refractivity contribution in [3.05, 3.63) is 35.9 Å². The molecule has 1 aliphatic heterocycles. The van der Waals surface area contributed by atoms with Crippen LogP contribution in [0.2, 0.25) is 0 Å². The smallest absolute Gasteiger partial charge is 0.238 e. The average Bonchev–Trinajstić information content (AvgIpc) is 2.72. The average molecular weight is 247 g/mol. The second-order valence-corrected chi connectivity index (χ2v) is 4.94. The van der Waals surface area contributed by atoms with E-state index in [1.807, 2.05) is 23.1 Å². The molecule has 0 spiro atoms. The molecular formula is C14H21N3O. The second-order valence-electron chi connectivity index (χ2n) is 4.94. The van der Waals surface area contributed by atoms with E-state index in [1.165, 1.54) is 0 Å². The van der Waals surface area contributed by atoms with Crippen molar-refractivity contribution in [2.24, 2.45) is 0 Å². The number of hydrogen-bond donors (Lipinski definition) is 1. The van der Waals surface area contributed by atoms with Crippen molar-refractivity contribution in [1.29, 1.82) is 0 Å². The maximum atomic E-state index is 11.9. The Kier molecular flexibility index (Phi) is 4.33. The minimum atomic E-state index is 0.0425. The Morgan fingerprint density at radius 2 is 2.06 bits per heavy atom. The first-order chi connectivity index (χ1) is 8.68. The first kappa shape index (κ1) is 13.1. The second kappa shape index (κ2) is 5.98. The summed E-state index contributed by atoms with van der Waals surface area (Å²) >= 11 is 0. The molecular weight excluding hydrogens is 226 g/mol. The third kappa shape index (κ3) is 3.09. The number of carbonyl (C=O) groups is 1. The molecule has 0 radical (unpaired) electrons. The molecule has 1 heterocycles. The molecule has 0 saturated carbocycles. The number of nitrogens with one attached hydrogen (secondary N) is 1. The lowest BCUT2D eigenvalue weighted by Crippen LogP contribution is -2.32. The molecule has 1 amide bonds. The van der Waals surface area contributed by atoms with Crippen LogP contribution in [0.4, 0.5) is 0 Å². The van der Waals surface area contributed by atoms with Gasteiger partial charge in [0.25, 0.3) is 0 Å². The van der Waals surface area contributed by atoms with E-state index < -0.39 is 0 Å². The fraction of sp³-hybridized carbons (Fsp3) is 0.500. The zero-order chi connectivity index (χ0) is 13.0. The van der Waals surface area contributed by atoms with Crippen molar-refractivity contribution < 1.29 is 4.79 Å². The van der Waals surface area contributed by atoms with Crippen LogP contribution in [0.25, 0.3) is 0 Å². The lowest BCUT2D eigenvalue weighted by molar-refractivity contribution is -0.128. The SMILES string of the molecule is CN(C)CCCN1C(=O)CNC1c1ccccc1. The summed E-state index contributed by atoms with van der Waals surface area (Å²) in [7, 11) is 4.11. The van der Waals surface area contributed by atoms with E-state index in [0.717, 1.165) is 25.1 Å². The van der Waals surface area contributed by atoms with Gasteiger partial charge in [0.1, 0.15) is 6.17 Å². The summed E-state index contributed by atoms with van der Waals surface area (Å²) in [5.74, 6) is 0.197. The summed E-state index contributed by atoms with van der Waals surface area (Å²) in [6.45, 7) is 2.26. The molecule has 0 aliphatic carbocycles. The maximum Gasteiger partial charge on any atom is 0.238 e. The van der Waals surface area contributed by atoms with Gasteiger partial charge in [0, 0.05) is 6.54 Å². The zero-order valence-electron chi connectivity index (χ0n) is 11.1. The van der Waals surface area contributed by atoms with Crippen LogP contribution in [0.1, 0.15) is 18.2 Å². The number of benzene rings is 1. The third-order valence-electron chi connectivity index (χ3n) is 3.20. The van der Waals surface area contributed by atoms with E-state index in [-0.39, 0.29) is 12.1 Å². The fourth-order valence-corrected chi connectivity index (χ4v) is 2.28. The first-order valence-electron chi connectivity index (χ1n) is 6.41. The van der Waals surface area contributed by atoms with Gasteiger partial charge in [-0.15, -0.1) is 0 Å². The molecule has 1 aliphatic rings. The molecule has 18 heavy (non-hydrogen) atoms. The van der Waals surface area contributed by atoms with Gasteiger partial charge in [-0.2, -0.15) is 0 Å². The van der Waals surface area contributed by atoms with Gasteiger partial charge in [0.05, 0.1) is 6.54 Å². The molecule has 1 unspecified atom stereocenters. The Morgan fingerprint density at radius 3 is 2.72 bits per heavy atom. The lowest BCUT2D eigenvalue weighted by Gasteiger charge is -2.25. The standard InChI is InChI=1S/C14H21N3O/c1-16(2)9-6-10-17-13(18)11-15-14(17)12-7-4-3-5-8-12/h3-5,7-8,14-15H,6,9-11H2,1-2H3. The van der Waals surface area contributed by atoms with E-state index in [2.05, 4.69) is 36.4 Å². The van der Waals surface area contributed by atoms with E-state index in [4.69, 9.17) is 0 Å². The van der Waals surface area contributed by atoms with Crippen LogP contribution in [0, 0.1) is 0 Å². The van der Waals surface area contributed by atoms with Gasteiger partial charge in [-0.1, -0.05) is 30.3 Å². The molecule has 1 fully saturated rings. The molecule has 2 rings (SSSR count). The normalized spacial score (nSPS) is 19.8. The van der Waals surface area contributed by atoms with E-state index in [9.17, 15) is 4.79 Å². The van der Waals surface area contributed by atoms with Crippen LogP contribution in [0.5, 0.6) is 0 Å². The van der Waals surface area contributed by atoms with Gasteiger partial charge in [0.2, 0.25) is 5.91 Å². The third-order valence-corrected chi connectivity index (χ3v) is 3.20. The summed E-state index contributed by atoms with van der Waals surface area (Å²) in [6.07, 6.45) is 1.05. The van der Waals surface area contributed by atoms with Crippen LogP contribution in [-0.2, 0) is 4.79 Å². The van der Waals surface area contributed by atoms with Crippen LogP contribution >= 0.6 is 0 Å². The van der Waals surface area contributed by atoms with Crippen LogP contribution in [-0.4, -0.2) is 49.4 Å². The Bertz CT molecular complexity index is 391. The predicted molar refractivity (Wildman–Crippen MR) is 72.1 cm³/mol. The van der Waals surface area contributed by atoms with Gasteiger partial charge in [-0.05, 0) is 32.6 Å². The van der Waals surface area contributed by atoms with Gasteiger partial charge in [-0.25, -0.2) is 0 Å². The van der Waals surface area contributed by atoms with Gasteiger partial charge in [0.15, 0.2) is 0 Å². The molecule has 0 bridgehead atoms. The molecule has 0 aromatic heterocycles. The van der Waals surface area contributed by atoms with Crippen molar-refractivity contribution in [3.63, 3.8) is 0 Å². The highest BCUT2D eigenvalue weighted by Crippen LogP contribution is 2.22. The van der Waals surface area contributed by atoms with E-state index in [0.29, 0.717) is 6.54 Å². The predicted octanol–water partition coefficient (Wildman–Crippen LogP) is 1.07. The number of carbonyl (C=O) groups excluding carboxylic acids is 1. The highest BCUT2D eigenvalue weighted by Gasteiger charge is 2.30. The van der Waals surface area contributed by atoms with Crippen molar-refractivity contribution in [2.75, 3.05) is 33.7 Å². The van der Waals surface area contributed by atoms with E-state index in [1.54, 1.807) is 0 Å². The molecule has 4 nitrogen and oxygen atoms in total. The largest absolute Gasteiger partial charge is 0.322 e. The van der Waals surface area contributed by atoms with Gasteiger partial charge in [-0.3, -0.25) is 10.1 Å². The topological polar surface area (TPSA) is 35.6 Å². The minimum absolute atomic E-state index is 0.0425. The molecule has 98 valence electrons. The van der Waals surface area contributed by atoms with Crippen molar-refractivity contribution in [1.82, 2.24) is 15.1 Å². The van der Waals surface area contributed by atoms with Crippen LogP contribution in [0.15, 0.2) is 30.3 Å². The number of nitrogens with zero attached hydrogens (tertiary/aromatic N) is 2. The fourth-order valence-electron chi connectivity index (χ4n) is 2.28. The molecule has 1 aromatic carbocycles. The molecule has 1 N–H and O–H groups in total. The zero-order valence-corrected chi connectivity index (χ0v) is 11.1. The Morgan fingerprint density at radius 1 is 1.33 bits per heavy atom. The minimum Gasteiger partial charge on any atom is -0.322 e. The summed E-state index contributed by atoms with van der Waals surface area (Å²) in [5.41, 5.74) is 1.16. The molecule has 4 heteroatoms. The Labute approximate surface area is 109 Å². The number of hydrogen-bond acceptors (Lipinski definition) is 3. The molecule has 1 atom stereocenters. The van der Waals surface area contributed by atoms with Crippen LogP contribution in [0.3, 0.4) is 0 Å². The van der Waals surface area contributed by atoms with Gasteiger partial charge >= 0.3 is 0 Å². The van der Waals surface area contributed by atoms with E-state index >= 15 is 0 Å². The summed E-state index contributed by atoms with van der Waals surface area (Å²) in [6, 6.07) is 10.1. The monoisotopic (exact) mass is 247 g/mol. The lowest BCUT2D eigenvalue weighted by atomic mass is 10.1. The Balaban J connectivity index is 1.99. The molecule has 1 saturated heterocycles. The number of rotatable bonds is 5. The van der Waals surface area contributed by atoms with Crippen molar-refractivity contribution >= 4 is 5.91 Å².